The molecule has 2 aromatic rings. The molecule has 0 amide bonds. The van der Waals surface area contributed by atoms with Gasteiger partial charge in [0.1, 0.15) is 11.9 Å². The summed E-state index contributed by atoms with van der Waals surface area (Å²) in [6, 6.07) is 10.9. The Morgan fingerprint density at radius 1 is 1.11 bits per heavy atom. The van der Waals surface area contributed by atoms with E-state index in [-0.39, 0.29) is 32.9 Å². The number of phenols is 1. The van der Waals surface area contributed by atoms with Gasteiger partial charge < -0.3 is 19.0 Å². The minimum absolute atomic E-state index is 0.0272. The SMILES string of the molecule is CC(C)(C)[Si](C)(C)OC1CC2C3CCc4cc(O)ccc4C3CC[C@]2(C)[C@H]1OC(=O)COC(=O)c1cccc(S(N)(=O)=O)c1. The van der Waals surface area contributed by atoms with Crippen molar-refractivity contribution in [2.45, 2.75) is 101 Å². The van der Waals surface area contributed by atoms with Crippen molar-refractivity contribution in [2.24, 2.45) is 22.4 Å². The zero-order valence-electron chi connectivity index (χ0n) is 26.5. The van der Waals surface area contributed by atoms with Crippen LogP contribution < -0.4 is 5.14 Å². The molecule has 3 aliphatic rings. The van der Waals surface area contributed by atoms with Crippen molar-refractivity contribution in [1.29, 1.82) is 0 Å². The molecular weight excluding hydrogens is 599 g/mol. The van der Waals surface area contributed by atoms with Gasteiger partial charge in [-0.2, -0.15) is 0 Å². The van der Waals surface area contributed by atoms with Crippen molar-refractivity contribution in [3.05, 3.63) is 59.2 Å². The summed E-state index contributed by atoms with van der Waals surface area (Å²) in [5.74, 6) is -0.137. The number of hydrogen-bond acceptors (Lipinski definition) is 8. The van der Waals surface area contributed by atoms with Crippen molar-refractivity contribution in [2.75, 3.05) is 6.61 Å². The van der Waals surface area contributed by atoms with Crippen LogP contribution in [0, 0.1) is 17.3 Å². The van der Waals surface area contributed by atoms with Crippen LogP contribution in [0.15, 0.2) is 47.4 Å². The number of ether oxygens (including phenoxy) is 2. The number of primary sulfonamides is 1. The molecule has 2 fully saturated rings. The van der Waals surface area contributed by atoms with Gasteiger partial charge in [0.05, 0.1) is 16.6 Å². The molecule has 5 rings (SSSR count). The van der Waals surface area contributed by atoms with Crippen LogP contribution in [0.1, 0.15) is 80.8 Å². The highest BCUT2D eigenvalue weighted by Crippen LogP contribution is 2.62. The van der Waals surface area contributed by atoms with Gasteiger partial charge in [-0.3, -0.25) is 0 Å². The van der Waals surface area contributed by atoms with E-state index in [1.54, 1.807) is 6.07 Å². The Balaban J connectivity index is 1.36. The monoisotopic (exact) mass is 643 g/mol. The van der Waals surface area contributed by atoms with E-state index in [0.717, 1.165) is 38.2 Å². The minimum Gasteiger partial charge on any atom is -0.508 e. The molecule has 0 saturated heterocycles. The first-order chi connectivity index (χ1) is 20.4. The van der Waals surface area contributed by atoms with Gasteiger partial charge in [-0.05, 0) is 109 Å². The molecule has 2 saturated carbocycles. The molecule has 0 aromatic heterocycles. The van der Waals surface area contributed by atoms with Crippen LogP contribution >= 0.6 is 0 Å². The van der Waals surface area contributed by atoms with Gasteiger partial charge in [-0.15, -0.1) is 0 Å². The largest absolute Gasteiger partial charge is 0.508 e. The third kappa shape index (κ3) is 6.20. The molecule has 44 heavy (non-hydrogen) atoms. The van der Waals surface area contributed by atoms with Crippen LogP contribution in [0.25, 0.3) is 0 Å². The average Bonchev–Trinajstić information content (AvgIpc) is 3.20. The highest BCUT2D eigenvalue weighted by molar-refractivity contribution is 7.89. The van der Waals surface area contributed by atoms with Gasteiger partial charge in [0.15, 0.2) is 14.9 Å². The molecule has 3 aliphatic carbocycles. The number of aryl methyl sites for hydroxylation is 1. The predicted molar refractivity (Wildman–Crippen MR) is 168 cm³/mol. The first-order valence-corrected chi connectivity index (χ1v) is 19.9. The van der Waals surface area contributed by atoms with Gasteiger partial charge in [-0.25, -0.2) is 23.1 Å². The van der Waals surface area contributed by atoms with Crippen LogP contribution in [0.3, 0.4) is 0 Å². The summed E-state index contributed by atoms with van der Waals surface area (Å²) in [5.41, 5.74) is 2.20. The zero-order valence-corrected chi connectivity index (χ0v) is 28.3. The average molecular weight is 644 g/mol. The molecule has 3 N–H and O–H groups in total. The van der Waals surface area contributed by atoms with Crippen molar-refractivity contribution >= 4 is 30.3 Å². The van der Waals surface area contributed by atoms with Crippen LogP contribution in [0.5, 0.6) is 5.75 Å². The Kier molecular flexibility index (Phi) is 8.58. The number of carbonyl (C=O) groups is 2. The molecular formula is C33H45NO8SSi. The number of hydrogen-bond donors (Lipinski definition) is 2. The van der Waals surface area contributed by atoms with Crippen molar-refractivity contribution < 1.29 is 37.0 Å². The van der Waals surface area contributed by atoms with Gasteiger partial charge in [0, 0.05) is 5.41 Å². The maximum absolute atomic E-state index is 13.3. The normalized spacial score (nSPS) is 28.4. The molecule has 0 bridgehead atoms. The van der Waals surface area contributed by atoms with E-state index in [1.165, 1.54) is 29.3 Å². The van der Waals surface area contributed by atoms with E-state index in [0.29, 0.717) is 17.6 Å². The first kappa shape index (κ1) is 32.7. The molecule has 11 heteroatoms. The molecule has 6 atom stereocenters. The van der Waals surface area contributed by atoms with Gasteiger partial charge in [0.2, 0.25) is 10.0 Å². The van der Waals surface area contributed by atoms with E-state index in [4.69, 9.17) is 19.0 Å². The summed E-state index contributed by atoms with van der Waals surface area (Å²) in [5, 5.41) is 15.2. The number of esters is 2. The minimum atomic E-state index is -4.00. The summed E-state index contributed by atoms with van der Waals surface area (Å²) >= 11 is 0. The number of fused-ring (bicyclic) bond motifs is 5. The first-order valence-electron chi connectivity index (χ1n) is 15.4. The van der Waals surface area contributed by atoms with Crippen LogP contribution in [-0.4, -0.2) is 52.6 Å². The Bertz CT molecular complexity index is 1550. The zero-order chi connectivity index (χ0) is 32.2. The predicted octanol–water partition coefficient (Wildman–Crippen LogP) is 5.66. The van der Waals surface area contributed by atoms with E-state index in [2.05, 4.69) is 46.9 Å². The fourth-order valence-electron chi connectivity index (χ4n) is 7.57. The molecule has 0 heterocycles. The second-order valence-electron chi connectivity index (χ2n) is 14.6. The Labute approximate surface area is 261 Å². The van der Waals surface area contributed by atoms with Crippen LogP contribution in [0.2, 0.25) is 18.1 Å². The van der Waals surface area contributed by atoms with E-state index < -0.39 is 43.0 Å². The van der Waals surface area contributed by atoms with Gasteiger partial charge in [0.25, 0.3) is 0 Å². The van der Waals surface area contributed by atoms with Crippen molar-refractivity contribution in [3.63, 3.8) is 0 Å². The summed E-state index contributed by atoms with van der Waals surface area (Å²) < 4.78 is 41.9. The van der Waals surface area contributed by atoms with E-state index >= 15 is 0 Å². The lowest BCUT2D eigenvalue weighted by molar-refractivity contribution is -0.166. The van der Waals surface area contributed by atoms with Gasteiger partial charge >= 0.3 is 11.9 Å². The standard InChI is InChI=1S/C33H45NO8SSi/c1-32(2,3)44(5,6)42-28-18-27-26-12-10-20-16-22(35)11-13-24(20)25(26)14-15-33(27,4)30(28)41-29(36)19-40-31(37)21-8-7-9-23(17-21)43(34,38)39/h7-9,11,13,16-17,25-28,30,35H,10,12,14-15,18-19H2,1-6H3,(H2,34,38,39)/t25?,26?,27?,28?,30-,33-/m0/s1. The molecule has 0 aliphatic heterocycles. The lowest BCUT2D eigenvalue weighted by Crippen LogP contribution is -2.50. The number of phenolic OH excluding ortho intramolecular Hbond substituents is 1. The highest BCUT2D eigenvalue weighted by Gasteiger charge is 2.61. The number of rotatable bonds is 7. The van der Waals surface area contributed by atoms with Crippen LogP contribution in [0.4, 0.5) is 0 Å². The Morgan fingerprint density at radius 2 is 1.84 bits per heavy atom. The fraction of sp³-hybridized carbons (Fsp3) is 0.576. The fourth-order valence-corrected chi connectivity index (χ4v) is 9.46. The summed E-state index contributed by atoms with van der Waals surface area (Å²) in [6.07, 6.45) is 3.72. The summed E-state index contributed by atoms with van der Waals surface area (Å²) in [6.45, 7) is 12.6. The molecule has 9 nitrogen and oxygen atoms in total. The third-order valence-corrected chi connectivity index (χ3v) is 16.3. The maximum Gasteiger partial charge on any atom is 0.344 e. The lowest BCUT2D eigenvalue weighted by atomic mass is 9.55. The smallest absolute Gasteiger partial charge is 0.344 e. The number of carbonyl (C=O) groups excluding carboxylic acids is 2. The van der Waals surface area contributed by atoms with E-state index in [9.17, 15) is 23.1 Å². The van der Waals surface area contributed by atoms with Crippen LogP contribution in [-0.2, 0) is 35.1 Å². The Morgan fingerprint density at radius 3 is 2.52 bits per heavy atom. The van der Waals surface area contributed by atoms with Crippen molar-refractivity contribution in [1.82, 2.24) is 0 Å². The molecule has 0 radical (unpaired) electrons. The van der Waals surface area contributed by atoms with Crippen molar-refractivity contribution in [3.8, 4) is 5.75 Å². The third-order valence-electron chi connectivity index (χ3n) is 10.9. The Hall–Kier alpha value is -2.73. The summed E-state index contributed by atoms with van der Waals surface area (Å²) in [4.78, 5) is 25.8. The maximum atomic E-state index is 13.3. The number of nitrogens with two attached hydrogens (primary N) is 1. The lowest BCUT2D eigenvalue weighted by Gasteiger charge is -2.50. The second-order valence-corrected chi connectivity index (χ2v) is 20.9. The van der Waals surface area contributed by atoms with E-state index in [1.807, 2.05) is 6.07 Å². The molecule has 2 aromatic carbocycles. The van der Waals surface area contributed by atoms with Gasteiger partial charge in [-0.1, -0.05) is 39.8 Å². The summed E-state index contributed by atoms with van der Waals surface area (Å²) in [7, 11) is -6.24. The second kappa shape index (κ2) is 11.6. The number of benzene rings is 2. The highest BCUT2D eigenvalue weighted by atomic mass is 32.2. The molecule has 240 valence electrons. The number of sulfonamides is 1. The molecule has 0 spiro atoms. The topological polar surface area (TPSA) is 142 Å². The number of aromatic hydroxyl groups is 1. The molecule has 4 unspecified atom stereocenters. The quantitative estimate of drug-likeness (QED) is 0.291.